The third-order valence-electron chi connectivity index (χ3n) is 1.44. The van der Waals surface area contributed by atoms with E-state index in [2.05, 4.69) is 4.36 Å². The molecule has 1 aliphatic rings. The maximum atomic E-state index is 11.3. The van der Waals surface area contributed by atoms with E-state index in [1.54, 1.807) is 6.92 Å². The van der Waals surface area contributed by atoms with Crippen molar-refractivity contribution in [2.45, 2.75) is 6.92 Å². The molecule has 0 fully saturated rings. The van der Waals surface area contributed by atoms with Crippen molar-refractivity contribution in [1.82, 2.24) is 0 Å². The number of nitrogens with zero attached hydrogens (tertiary/aromatic N) is 1. The lowest BCUT2D eigenvalue weighted by atomic mass is 10.1. The van der Waals surface area contributed by atoms with Crippen LogP contribution in [-0.4, -0.2) is 21.5 Å². The molecule has 0 aromatic rings. The highest BCUT2D eigenvalue weighted by molar-refractivity contribution is 7.95. The average Bonchev–Trinajstić information content (AvgIpc) is 1.83. The number of carboxylic acid groups (broad SMARTS) is 1. The second kappa shape index (κ2) is 2.75. The number of rotatable bonds is 1. The fraction of sp³-hybridized carbons (Fsp3) is 0.286. The molecule has 5 heteroatoms. The Hall–Kier alpha value is -1.10. The molecule has 0 aliphatic carbocycles. The van der Waals surface area contributed by atoms with Crippen LogP contribution in [0.2, 0.25) is 0 Å². The molecule has 66 valence electrons. The monoisotopic (exact) mass is 187 g/mol. The summed E-state index contributed by atoms with van der Waals surface area (Å²) in [6.45, 7) is 1.61. The predicted octanol–water partition coefficient (Wildman–Crippen LogP) is 0.970. The first kappa shape index (κ1) is 8.99. The zero-order valence-corrected chi connectivity index (χ0v) is 7.59. The first-order chi connectivity index (χ1) is 5.42. The summed E-state index contributed by atoms with van der Waals surface area (Å²) in [6, 6.07) is 0. The van der Waals surface area contributed by atoms with Crippen molar-refractivity contribution >= 4 is 15.7 Å². The van der Waals surface area contributed by atoms with Gasteiger partial charge in [-0.15, -0.1) is 0 Å². The van der Waals surface area contributed by atoms with Gasteiger partial charge in [-0.05, 0) is 12.5 Å². The van der Waals surface area contributed by atoms with Gasteiger partial charge < -0.3 is 5.11 Å². The van der Waals surface area contributed by atoms with E-state index in [1.807, 2.05) is 0 Å². The molecule has 1 rings (SSSR count). The molecular weight excluding hydrogens is 178 g/mol. The first-order valence-corrected chi connectivity index (χ1v) is 5.24. The second-order valence-corrected chi connectivity index (χ2v) is 4.78. The summed E-state index contributed by atoms with van der Waals surface area (Å²) in [5.74, 6) is -1.04. The van der Waals surface area contributed by atoms with E-state index < -0.39 is 15.7 Å². The number of carboxylic acids is 1. The van der Waals surface area contributed by atoms with Crippen LogP contribution in [0.5, 0.6) is 0 Å². The SMILES string of the molecule is CC1=CS(C)(=O)=NC=C1C(=O)O. The molecule has 1 heterocycles. The molecule has 0 aromatic carbocycles. The smallest absolute Gasteiger partial charge is 0.337 e. The number of aliphatic carboxylic acids is 1. The van der Waals surface area contributed by atoms with Gasteiger partial charge in [0.15, 0.2) is 0 Å². The topological polar surface area (TPSA) is 66.7 Å². The second-order valence-electron chi connectivity index (χ2n) is 2.62. The summed E-state index contributed by atoms with van der Waals surface area (Å²) in [4.78, 5) is 10.5. The summed E-state index contributed by atoms with van der Waals surface area (Å²) < 4.78 is 14.9. The summed E-state index contributed by atoms with van der Waals surface area (Å²) in [5.41, 5.74) is 0.612. The maximum Gasteiger partial charge on any atom is 0.337 e. The molecule has 12 heavy (non-hydrogen) atoms. The Morgan fingerprint density at radius 3 is 2.67 bits per heavy atom. The van der Waals surface area contributed by atoms with Crippen molar-refractivity contribution in [3.63, 3.8) is 0 Å². The number of hydrogen-bond acceptors (Lipinski definition) is 3. The Bertz CT molecular complexity index is 397. The van der Waals surface area contributed by atoms with Gasteiger partial charge in [0.2, 0.25) is 0 Å². The van der Waals surface area contributed by atoms with Crippen molar-refractivity contribution in [1.29, 1.82) is 0 Å². The predicted molar refractivity (Wildman–Crippen MR) is 46.0 cm³/mol. The van der Waals surface area contributed by atoms with E-state index in [1.165, 1.54) is 11.7 Å². The van der Waals surface area contributed by atoms with Crippen molar-refractivity contribution < 1.29 is 14.1 Å². The first-order valence-electron chi connectivity index (χ1n) is 3.26. The van der Waals surface area contributed by atoms with E-state index in [-0.39, 0.29) is 5.57 Å². The fourth-order valence-corrected chi connectivity index (χ4v) is 2.06. The van der Waals surface area contributed by atoms with Gasteiger partial charge in [-0.1, -0.05) is 0 Å². The summed E-state index contributed by atoms with van der Waals surface area (Å²) in [5, 5.41) is 10.0. The van der Waals surface area contributed by atoms with Crippen LogP contribution in [0.1, 0.15) is 6.92 Å². The van der Waals surface area contributed by atoms with Gasteiger partial charge in [0, 0.05) is 11.7 Å². The molecule has 0 saturated heterocycles. The third-order valence-corrected chi connectivity index (χ3v) is 2.76. The summed E-state index contributed by atoms with van der Waals surface area (Å²) in [6.07, 6.45) is 2.62. The van der Waals surface area contributed by atoms with Crippen LogP contribution < -0.4 is 0 Å². The van der Waals surface area contributed by atoms with E-state index in [0.29, 0.717) is 5.57 Å². The molecule has 0 spiro atoms. The lowest BCUT2D eigenvalue weighted by molar-refractivity contribution is -0.132. The zero-order chi connectivity index (χ0) is 9.35. The molecule has 4 nitrogen and oxygen atoms in total. The van der Waals surface area contributed by atoms with Crippen LogP contribution in [-0.2, 0) is 14.5 Å². The van der Waals surface area contributed by atoms with Gasteiger partial charge in [-0.3, -0.25) is 0 Å². The third kappa shape index (κ3) is 1.73. The maximum absolute atomic E-state index is 11.3. The van der Waals surface area contributed by atoms with Crippen LogP contribution >= 0.6 is 0 Å². The molecule has 0 saturated carbocycles. The van der Waals surface area contributed by atoms with E-state index >= 15 is 0 Å². The summed E-state index contributed by atoms with van der Waals surface area (Å²) >= 11 is 0. The quantitative estimate of drug-likeness (QED) is 0.665. The van der Waals surface area contributed by atoms with Gasteiger partial charge in [-0.2, -0.15) is 0 Å². The molecule has 0 bridgehead atoms. The van der Waals surface area contributed by atoms with Gasteiger partial charge in [0.1, 0.15) is 0 Å². The average molecular weight is 187 g/mol. The van der Waals surface area contributed by atoms with Crippen molar-refractivity contribution in [3.8, 4) is 0 Å². The molecule has 1 atom stereocenters. The van der Waals surface area contributed by atoms with E-state index in [4.69, 9.17) is 5.11 Å². The minimum Gasteiger partial charge on any atom is -0.478 e. The highest BCUT2D eigenvalue weighted by Gasteiger charge is 2.14. The molecule has 0 aromatic heterocycles. The van der Waals surface area contributed by atoms with Gasteiger partial charge in [-0.25, -0.2) is 13.4 Å². The Morgan fingerprint density at radius 1 is 1.67 bits per heavy atom. The van der Waals surface area contributed by atoms with E-state index in [9.17, 15) is 9.00 Å². The molecular formula is C7H9NO3S. The Balaban J connectivity index is 3.26. The summed E-state index contributed by atoms with van der Waals surface area (Å²) in [7, 11) is -2.33. The minimum absolute atomic E-state index is 0.107. The highest BCUT2D eigenvalue weighted by atomic mass is 32.2. The lowest BCUT2D eigenvalue weighted by Crippen LogP contribution is -2.06. The normalized spacial score (nSPS) is 28.5. The van der Waals surface area contributed by atoms with Crippen LogP contribution in [0.4, 0.5) is 0 Å². The Morgan fingerprint density at radius 2 is 2.25 bits per heavy atom. The van der Waals surface area contributed by atoms with Crippen molar-refractivity contribution in [3.05, 3.63) is 22.8 Å². The van der Waals surface area contributed by atoms with Crippen LogP contribution in [0.15, 0.2) is 27.1 Å². The molecule has 1 unspecified atom stereocenters. The lowest BCUT2D eigenvalue weighted by Gasteiger charge is -2.07. The molecule has 0 amide bonds. The van der Waals surface area contributed by atoms with Gasteiger partial charge >= 0.3 is 5.97 Å². The largest absolute Gasteiger partial charge is 0.478 e. The Kier molecular flexibility index (Phi) is 2.06. The molecule has 1 N–H and O–H groups in total. The van der Waals surface area contributed by atoms with E-state index in [0.717, 1.165) is 6.20 Å². The van der Waals surface area contributed by atoms with Gasteiger partial charge in [0.05, 0.1) is 21.5 Å². The van der Waals surface area contributed by atoms with Crippen LogP contribution in [0.3, 0.4) is 0 Å². The van der Waals surface area contributed by atoms with Crippen molar-refractivity contribution in [2.24, 2.45) is 4.36 Å². The fourth-order valence-electron chi connectivity index (χ4n) is 0.905. The zero-order valence-electron chi connectivity index (χ0n) is 6.77. The molecule has 1 aliphatic heterocycles. The number of carbonyl (C=O) groups is 1. The standard InChI is InChI=1S/C7H9NO3S/c1-5-4-12(2,11)8-3-6(5)7(9)10/h3-4H,1-2H3,(H,9,10). The van der Waals surface area contributed by atoms with Crippen LogP contribution in [0.25, 0.3) is 0 Å². The van der Waals surface area contributed by atoms with Crippen LogP contribution in [0, 0.1) is 0 Å². The Labute approximate surface area is 70.8 Å². The number of hydrogen-bond donors (Lipinski definition) is 1. The minimum atomic E-state index is -2.33. The van der Waals surface area contributed by atoms with Gasteiger partial charge in [0.25, 0.3) is 0 Å². The van der Waals surface area contributed by atoms with Crippen molar-refractivity contribution in [2.75, 3.05) is 6.26 Å². The highest BCUT2D eigenvalue weighted by Crippen LogP contribution is 2.17. The molecule has 0 radical (unpaired) electrons.